The Morgan fingerprint density at radius 1 is 1.36 bits per heavy atom. The van der Waals surface area contributed by atoms with Gasteiger partial charge in [-0.15, -0.1) is 0 Å². The summed E-state index contributed by atoms with van der Waals surface area (Å²) < 4.78 is 0. The first-order chi connectivity index (χ1) is 6.43. The highest BCUT2D eigenvalue weighted by molar-refractivity contribution is 5.76. The molecule has 0 aliphatic heterocycles. The van der Waals surface area contributed by atoms with E-state index in [9.17, 15) is 9.59 Å². The third kappa shape index (κ3) is 6.22. The second-order valence-electron chi connectivity index (χ2n) is 3.45. The van der Waals surface area contributed by atoms with Crippen molar-refractivity contribution in [3.63, 3.8) is 0 Å². The molecular weight excluding hydrogens is 182 g/mol. The molecule has 0 spiro atoms. The number of hydrogen-bond acceptors (Lipinski definition) is 2. The van der Waals surface area contributed by atoms with E-state index in [-0.39, 0.29) is 18.7 Å². The van der Waals surface area contributed by atoms with Gasteiger partial charge in [0.15, 0.2) is 0 Å². The lowest BCUT2D eigenvalue weighted by Crippen LogP contribution is -2.27. The summed E-state index contributed by atoms with van der Waals surface area (Å²) in [5.74, 6) is -0.894. The van der Waals surface area contributed by atoms with Crippen LogP contribution in [-0.2, 0) is 9.59 Å². The predicted octanol–water partition coefficient (Wildman–Crippen LogP) is 1.28. The second kappa shape index (κ2) is 6.18. The van der Waals surface area contributed by atoms with E-state index in [1.807, 2.05) is 6.92 Å². The predicted molar refractivity (Wildman–Crippen MR) is 53.9 cm³/mol. The maximum absolute atomic E-state index is 11.4. The standard InChI is InChI=1S/C10H17NO3/c1-8(2)7-11(3)9(12)5-4-6-10(13)14/h1,4-7H2,2-3H3,(H,13,14). The Labute approximate surface area is 84.2 Å². The van der Waals surface area contributed by atoms with Crippen molar-refractivity contribution in [2.45, 2.75) is 26.2 Å². The molecule has 0 aromatic carbocycles. The summed E-state index contributed by atoms with van der Waals surface area (Å²) in [5, 5.41) is 8.37. The summed E-state index contributed by atoms with van der Waals surface area (Å²) in [4.78, 5) is 23.1. The maximum atomic E-state index is 11.4. The van der Waals surface area contributed by atoms with Crippen molar-refractivity contribution in [2.75, 3.05) is 13.6 Å². The Bertz CT molecular complexity index is 236. The Balaban J connectivity index is 3.73. The molecule has 0 rings (SSSR count). The van der Waals surface area contributed by atoms with Gasteiger partial charge in [-0.3, -0.25) is 9.59 Å². The van der Waals surface area contributed by atoms with Crippen LogP contribution in [0.25, 0.3) is 0 Å². The highest BCUT2D eigenvalue weighted by atomic mass is 16.4. The lowest BCUT2D eigenvalue weighted by Gasteiger charge is -2.16. The molecule has 0 atom stereocenters. The molecule has 0 bridgehead atoms. The molecule has 0 saturated heterocycles. The maximum Gasteiger partial charge on any atom is 0.303 e. The van der Waals surface area contributed by atoms with Crippen LogP contribution >= 0.6 is 0 Å². The first-order valence-corrected chi connectivity index (χ1v) is 4.53. The summed E-state index contributed by atoms with van der Waals surface area (Å²) in [6, 6.07) is 0. The van der Waals surface area contributed by atoms with Crippen molar-refractivity contribution in [1.82, 2.24) is 4.90 Å². The van der Waals surface area contributed by atoms with Crippen molar-refractivity contribution in [2.24, 2.45) is 0 Å². The quantitative estimate of drug-likeness (QED) is 0.655. The number of hydrogen-bond donors (Lipinski definition) is 1. The van der Waals surface area contributed by atoms with E-state index in [4.69, 9.17) is 5.11 Å². The average molecular weight is 199 g/mol. The monoisotopic (exact) mass is 199 g/mol. The van der Waals surface area contributed by atoms with E-state index in [0.29, 0.717) is 13.0 Å². The van der Waals surface area contributed by atoms with Crippen molar-refractivity contribution in [1.29, 1.82) is 0 Å². The largest absolute Gasteiger partial charge is 0.481 e. The first kappa shape index (κ1) is 12.7. The first-order valence-electron chi connectivity index (χ1n) is 4.53. The summed E-state index contributed by atoms with van der Waals surface area (Å²) in [7, 11) is 1.69. The minimum Gasteiger partial charge on any atom is -0.481 e. The van der Waals surface area contributed by atoms with Gasteiger partial charge in [-0.25, -0.2) is 0 Å². The van der Waals surface area contributed by atoms with Gasteiger partial charge in [0.1, 0.15) is 0 Å². The zero-order chi connectivity index (χ0) is 11.1. The van der Waals surface area contributed by atoms with E-state index >= 15 is 0 Å². The van der Waals surface area contributed by atoms with Gasteiger partial charge in [0.2, 0.25) is 5.91 Å². The Morgan fingerprint density at radius 3 is 2.36 bits per heavy atom. The number of carbonyl (C=O) groups is 2. The fourth-order valence-electron chi connectivity index (χ4n) is 1.07. The van der Waals surface area contributed by atoms with Gasteiger partial charge >= 0.3 is 5.97 Å². The smallest absolute Gasteiger partial charge is 0.303 e. The van der Waals surface area contributed by atoms with Gasteiger partial charge in [-0.05, 0) is 13.3 Å². The molecule has 14 heavy (non-hydrogen) atoms. The minimum absolute atomic E-state index is 0.0331. The van der Waals surface area contributed by atoms with Crippen LogP contribution in [0.1, 0.15) is 26.2 Å². The molecule has 4 heteroatoms. The topological polar surface area (TPSA) is 57.6 Å². The molecule has 1 N–H and O–H groups in total. The van der Waals surface area contributed by atoms with E-state index in [2.05, 4.69) is 6.58 Å². The van der Waals surface area contributed by atoms with Crippen LogP contribution in [0.4, 0.5) is 0 Å². The number of carboxylic acids is 1. The lowest BCUT2D eigenvalue weighted by atomic mass is 10.2. The molecule has 0 aliphatic rings. The molecule has 0 radical (unpaired) electrons. The SMILES string of the molecule is C=C(C)CN(C)C(=O)CCCC(=O)O. The van der Waals surface area contributed by atoms with E-state index in [0.717, 1.165) is 5.57 Å². The van der Waals surface area contributed by atoms with Gasteiger partial charge in [0.05, 0.1) is 0 Å². The number of likely N-dealkylation sites (N-methyl/N-ethyl adjacent to an activating group) is 1. The van der Waals surface area contributed by atoms with Gasteiger partial charge in [0, 0.05) is 26.4 Å². The normalized spacial score (nSPS) is 9.57. The number of carboxylic acid groups (broad SMARTS) is 1. The minimum atomic E-state index is -0.861. The number of amides is 1. The molecule has 0 fully saturated rings. The third-order valence-electron chi connectivity index (χ3n) is 1.71. The van der Waals surface area contributed by atoms with Crippen molar-refractivity contribution < 1.29 is 14.7 Å². The molecular formula is C10H17NO3. The second-order valence-corrected chi connectivity index (χ2v) is 3.45. The highest BCUT2D eigenvalue weighted by Crippen LogP contribution is 2.01. The van der Waals surface area contributed by atoms with Crippen LogP contribution in [-0.4, -0.2) is 35.5 Å². The van der Waals surface area contributed by atoms with Crippen molar-refractivity contribution >= 4 is 11.9 Å². The third-order valence-corrected chi connectivity index (χ3v) is 1.71. The highest BCUT2D eigenvalue weighted by Gasteiger charge is 2.08. The molecule has 0 saturated carbocycles. The van der Waals surface area contributed by atoms with Crippen LogP contribution in [0, 0.1) is 0 Å². The molecule has 0 unspecified atom stereocenters. The summed E-state index contributed by atoms with van der Waals surface area (Å²) in [5.41, 5.74) is 0.916. The lowest BCUT2D eigenvalue weighted by molar-refractivity contribution is -0.137. The van der Waals surface area contributed by atoms with Gasteiger partial charge < -0.3 is 10.0 Å². The molecule has 4 nitrogen and oxygen atoms in total. The molecule has 0 aromatic heterocycles. The molecule has 1 amide bonds. The molecule has 0 aromatic rings. The van der Waals surface area contributed by atoms with Gasteiger partial charge in [-0.2, -0.15) is 0 Å². The van der Waals surface area contributed by atoms with Crippen LogP contribution in [0.5, 0.6) is 0 Å². The summed E-state index contributed by atoms with van der Waals surface area (Å²) in [6.07, 6.45) is 0.734. The Kier molecular flexibility index (Phi) is 5.60. The fraction of sp³-hybridized carbons (Fsp3) is 0.600. The zero-order valence-corrected chi connectivity index (χ0v) is 8.75. The van der Waals surface area contributed by atoms with Crippen LogP contribution in [0.3, 0.4) is 0 Å². The Hall–Kier alpha value is -1.32. The zero-order valence-electron chi connectivity index (χ0n) is 8.75. The number of nitrogens with zero attached hydrogens (tertiary/aromatic N) is 1. The number of carbonyl (C=O) groups excluding carboxylic acids is 1. The fourth-order valence-corrected chi connectivity index (χ4v) is 1.07. The van der Waals surface area contributed by atoms with Crippen molar-refractivity contribution in [3.8, 4) is 0 Å². The van der Waals surface area contributed by atoms with E-state index in [1.54, 1.807) is 11.9 Å². The van der Waals surface area contributed by atoms with Crippen LogP contribution < -0.4 is 0 Å². The molecule has 80 valence electrons. The Morgan fingerprint density at radius 2 is 1.93 bits per heavy atom. The van der Waals surface area contributed by atoms with E-state index in [1.165, 1.54) is 0 Å². The summed E-state index contributed by atoms with van der Waals surface area (Å²) in [6.45, 7) is 6.08. The van der Waals surface area contributed by atoms with Gasteiger partial charge in [-0.1, -0.05) is 12.2 Å². The molecule has 0 aliphatic carbocycles. The van der Waals surface area contributed by atoms with Gasteiger partial charge in [0.25, 0.3) is 0 Å². The van der Waals surface area contributed by atoms with Crippen LogP contribution in [0.15, 0.2) is 12.2 Å². The van der Waals surface area contributed by atoms with Crippen LogP contribution in [0.2, 0.25) is 0 Å². The number of rotatable bonds is 6. The van der Waals surface area contributed by atoms with Crippen molar-refractivity contribution in [3.05, 3.63) is 12.2 Å². The average Bonchev–Trinajstić information content (AvgIpc) is 2.01. The summed E-state index contributed by atoms with van der Waals surface area (Å²) >= 11 is 0. The molecule has 0 heterocycles. The number of aliphatic carboxylic acids is 1. The van der Waals surface area contributed by atoms with E-state index < -0.39 is 5.97 Å².